The van der Waals surface area contributed by atoms with Gasteiger partial charge in [0, 0.05) is 35.2 Å². The molecule has 0 spiro atoms. The number of aryl methyl sites for hydroxylation is 1. The number of rotatable bonds is 9. The lowest BCUT2D eigenvalue weighted by atomic mass is 9.95. The Morgan fingerprint density at radius 3 is 2.40 bits per heavy atom. The largest absolute Gasteiger partial charge is 0.487 e. The summed E-state index contributed by atoms with van der Waals surface area (Å²) in [5, 5.41) is 3.49. The summed E-state index contributed by atoms with van der Waals surface area (Å²) < 4.78 is 33.6. The molecule has 0 aliphatic rings. The first-order valence-electron chi connectivity index (χ1n) is 12.7. The van der Waals surface area contributed by atoms with Crippen molar-refractivity contribution in [1.82, 2.24) is 14.9 Å². The van der Waals surface area contributed by atoms with Crippen molar-refractivity contribution < 1.29 is 23.1 Å². The van der Waals surface area contributed by atoms with Gasteiger partial charge in [0.15, 0.2) is 0 Å². The van der Waals surface area contributed by atoms with Crippen LogP contribution >= 0.6 is 39.1 Å². The Bertz CT molecular complexity index is 1660. The molecular formula is C29H28BrCl2F2N5O3. The van der Waals surface area contributed by atoms with Crippen molar-refractivity contribution in [2.45, 2.75) is 33.7 Å². The molecule has 222 valence electrons. The molecule has 0 unspecified atom stereocenters. The van der Waals surface area contributed by atoms with E-state index >= 15 is 0 Å². The number of alkyl halides is 2. The quantitative estimate of drug-likeness (QED) is 0.190. The minimum Gasteiger partial charge on any atom is -0.487 e. The average Bonchev–Trinajstić information content (AvgIpc) is 3.23. The highest BCUT2D eigenvalue weighted by Crippen LogP contribution is 2.45. The van der Waals surface area contributed by atoms with Crippen LogP contribution in [0.5, 0.6) is 5.75 Å². The summed E-state index contributed by atoms with van der Waals surface area (Å²) in [7, 11) is 1.71. The number of benzene rings is 3. The molecule has 4 aromatic rings. The smallest absolute Gasteiger partial charge is 0.272 e. The van der Waals surface area contributed by atoms with Crippen molar-refractivity contribution in [3.8, 4) is 5.75 Å². The molecule has 0 aliphatic carbocycles. The fourth-order valence-electron chi connectivity index (χ4n) is 4.17. The van der Waals surface area contributed by atoms with Gasteiger partial charge in [0.25, 0.3) is 12.3 Å². The minimum atomic E-state index is -2.75. The average molecular weight is 683 g/mol. The molecule has 0 aliphatic heterocycles. The molecule has 0 bridgehead atoms. The van der Waals surface area contributed by atoms with Gasteiger partial charge in [-0.1, -0.05) is 66.0 Å². The van der Waals surface area contributed by atoms with Crippen molar-refractivity contribution in [2.75, 3.05) is 11.5 Å². The number of nitrogens with one attached hydrogen (secondary N) is 1. The SMILES string of the molecule is Cn1c(N(c2ccc(Br)cc2)c2c(Cl)ccc(CNC(=O)C(C)(C)C)c2Cl)nc2cc(C(N)=O)c(OCC(F)F)cc21. The van der Waals surface area contributed by atoms with E-state index in [0.717, 1.165) is 4.47 Å². The van der Waals surface area contributed by atoms with Gasteiger partial charge >= 0.3 is 0 Å². The lowest BCUT2D eigenvalue weighted by Crippen LogP contribution is -2.34. The molecule has 3 aromatic carbocycles. The molecule has 13 heteroatoms. The number of hydrogen-bond donors (Lipinski definition) is 2. The highest BCUT2D eigenvalue weighted by atomic mass is 79.9. The van der Waals surface area contributed by atoms with Crippen LogP contribution in [0.15, 0.2) is 53.0 Å². The second kappa shape index (κ2) is 12.4. The maximum absolute atomic E-state index is 12.9. The maximum atomic E-state index is 12.9. The maximum Gasteiger partial charge on any atom is 0.272 e. The van der Waals surface area contributed by atoms with Crippen molar-refractivity contribution in [3.63, 3.8) is 0 Å². The lowest BCUT2D eigenvalue weighted by molar-refractivity contribution is -0.128. The molecule has 4 rings (SSSR count). The number of hydrogen-bond acceptors (Lipinski definition) is 5. The van der Waals surface area contributed by atoms with Crippen molar-refractivity contribution in [2.24, 2.45) is 18.2 Å². The predicted octanol–water partition coefficient (Wildman–Crippen LogP) is 7.52. The number of nitrogens with zero attached hydrogens (tertiary/aromatic N) is 3. The number of anilines is 3. The van der Waals surface area contributed by atoms with E-state index in [1.165, 1.54) is 12.1 Å². The number of fused-ring (bicyclic) bond motifs is 1. The van der Waals surface area contributed by atoms with Crippen LogP contribution in [0.1, 0.15) is 36.7 Å². The van der Waals surface area contributed by atoms with E-state index in [0.29, 0.717) is 38.9 Å². The van der Waals surface area contributed by atoms with Crippen molar-refractivity contribution in [1.29, 1.82) is 0 Å². The van der Waals surface area contributed by atoms with Crippen LogP contribution < -0.4 is 20.7 Å². The normalized spacial score (nSPS) is 11.7. The van der Waals surface area contributed by atoms with Crippen LogP contribution in [-0.4, -0.2) is 34.4 Å². The van der Waals surface area contributed by atoms with Crippen LogP contribution in [0.4, 0.5) is 26.1 Å². The van der Waals surface area contributed by atoms with E-state index in [1.54, 1.807) is 28.6 Å². The van der Waals surface area contributed by atoms with E-state index < -0.39 is 24.4 Å². The standard InChI is InChI=1S/C29H28BrCl2F2N5O3/c1-29(2,3)27(41)36-13-15-5-10-19(31)25(24(15)32)39(17-8-6-16(30)7-9-17)28-37-20-11-18(26(35)40)22(42-14-23(33)34)12-21(20)38(28)4/h5-12,23H,13-14H2,1-4H3,(H2,35,40)(H,36,41). The van der Waals surface area contributed by atoms with Gasteiger partial charge < -0.3 is 20.4 Å². The summed E-state index contributed by atoms with van der Waals surface area (Å²) in [5.74, 6) is -0.749. The van der Waals surface area contributed by atoms with E-state index in [-0.39, 0.29) is 28.8 Å². The van der Waals surface area contributed by atoms with Crippen molar-refractivity contribution >= 4 is 79.3 Å². The molecule has 0 saturated heterocycles. The van der Waals surface area contributed by atoms with Gasteiger partial charge in [-0.05, 0) is 42.0 Å². The minimum absolute atomic E-state index is 0.0874. The Morgan fingerprint density at radius 1 is 1.14 bits per heavy atom. The zero-order chi connectivity index (χ0) is 30.9. The molecule has 1 aromatic heterocycles. The van der Waals surface area contributed by atoms with Crippen LogP contribution in [0.3, 0.4) is 0 Å². The predicted molar refractivity (Wildman–Crippen MR) is 164 cm³/mol. The number of imidazole rings is 1. The molecule has 1 heterocycles. The summed E-state index contributed by atoms with van der Waals surface area (Å²) in [4.78, 5) is 31.2. The highest BCUT2D eigenvalue weighted by molar-refractivity contribution is 9.10. The first-order valence-corrected chi connectivity index (χ1v) is 14.3. The number of nitrogens with two attached hydrogens (primary N) is 1. The fourth-order valence-corrected chi connectivity index (χ4v) is 5.04. The summed E-state index contributed by atoms with van der Waals surface area (Å²) in [6.07, 6.45) is -2.75. The van der Waals surface area contributed by atoms with Gasteiger partial charge in [0.1, 0.15) is 12.4 Å². The Hall–Kier alpha value is -3.41. The number of carbonyl (C=O) groups excluding carboxylic acids is 2. The monoisotopic (exact) mass is 681 g/mol. The second-order valence-electron chi connectivity index (χ2n) is 10.5. The van der Waals surface area contributed by atoms with E-state index in [9.17, 15) is 18.4 Å². The number of carbonyl (C=O) groups is 2. The molecule has 0 saturated carbocycles. The van der Waals surface area contributed by atoms with Gasteiger partial charge in [-0.25, -0.2) is 13.8 Å². The van der Waals surface area contributed by atoms with Gasteiger partial charge in [-0.2, -0.15) is 0 Å². The molecule has 8 nitrogen and oxygen atoms in total. The van der Waals surface area contributed by atoms with E-state index in [4.69, 9.17) is 38.7 Å². The van der Waals surface area contributed by atoms with Crippen LogP contribution in [0.25, 0.3) is 11.0 Å². The second-order valence-corrected chi connectivity index (χ2v) is 12.2. The van der Waals surface area contributed by atoms with Crippen molar-refractivity contribution in [3.05, 3.63) is 74.2 Å². The van der Waals surface area contributed by atoms with Gasteiger partial charge in [-0.3, -0.25) is 14.5 Å². The summed E-state index contributed by atoms with van der Waals surface area (Å²) in [6, 6.07) is 13.6. The Labute approximate surface area is 259 Å². The van der Waals surface area contributed by atoms with Crippen LogP contribution in [0.2, 0.25) is 10.0 Å². The summed E-state index contributed by atoms with van der Waals surface area (Å²) in [6.45, 7) is 4.68. The Kier molecular flexibility index (Phi) is 9.34. The van der Waals surface area contributed by atoms with E-state index in [2.05, 4.69) is 21.2 Å². The fraction of sp³-hybridized carbons (Fsp3) is 0.276. The summed E-state index contributed by atoms with van der Waals surface area (Å²) >= 11 is 17.2. The number of ether oxygens (including phenoxy) is 1. The number of halogens is 5. The number of amides is 2. The number of primary amides is 1. The molecular weight excluding hydrogens is 655 g/mol. The number of aromatic nitrogens is 2. The zero-order valence-corrected chi connectivity index (χ0v) is 26.2. The third-order valence-corrected chi connectivity index (χ3v) is 7.62. The first kappa shape index (κ1) is 31.5. The molecule has 3 N–H and O–H groups in total. The zero-order valence-electron chi connectivity index (χ0n) is 23.1. The van der Waals surface area contributed by atoms with Gasteiger partial charge in [0.05, 0.1) is 32.3 Å². The molecule has 0 radical (unpaired) electrons. The highest BCUT2D eigenvalue weighted by Gasteiger charge is 2.27. The topological polar surface area (TPSA) is 102 Å². The first-order chi connectivity index (χ1) is 19.7. The van der Waals surface area contributed by atoms with Gasteiger partial charge in [-0.15, -0.1) is 0 Å². The third kappa shape index (κ3) is 6.63. The van der Waals surface area contributed by atoms with Gasteiger partial charge in [0.2, 0.25) is 11.9 Å². The lowest BCUT2D eigenvalue weighted by Gasteiger charge is -2.27. The molecule has 0 fully saturated rings. The summed E-state index contributed by atoms with van der Waals surface area (Å²) in [5.41, 5.74) is 7.32. The molecule has 42 heavy (non-hydrogen) atoms. The van der Waals surface area contributed by atoms with Crippen LogP contribution in [0, 0.1) is 5.41 Å². The van der Waals surface area contributed by atoms with Crippen LogP contribution in [-0.2, 0) is 18.4 Å². The van der Waals surface area contributed by atoms with E-state index in [1.807, 2.05) is 45.0 Å². The molecule has 2 amide bonds. The molecule has 0 atom stereocenters. The Morgan fingerprint density at radius 2 is 1.81 bits per heavy atom. The third-order valence-electron chi connectivity index (χ3n) is 6.36. The Balaban J connectivity index is 1.91.